The Hall–Kier alpha value is -1.24. The number of methoxy groups -OCH3 is 1. The second-order valence-electron chi connectivity index (χ2n) is 2.58. The van der Waals surface area contributed by atoms with Crippen LogP contribution in [0.5, 0.6) is 5.88 Å². The van der Waals surface area contributed by atoms with E-state index in [0.717, 1.165) is 6.07 Å². The number of alkyl halides is 2. The number of halogens is 3. The number of aromatic nitrogens is 1. The SMILES string of the molecule is COc1nc(C(N)=O)cc(Br)c1C(F)F. The third kappa shape index (κ3) is 2.41. The Morgan fingerprint density at radius 1 is 1.67 bits per heavy atom. The van der Waals surface area contributed by atoms with Gasteiger partial charge in [-0.1, -0.05) is 15.9 Å². The van der Waals surface area contributed by atoms with Gasteiger partial charge in [-0.3, -0.25) is 4.79 Å². The first kappa shape index (κ1) is 11.8. The van der Waals surface area contributed by atoms with Crippen molar-refractivity contribution in [3.63, 3.8) is 0 Å². The van der Waals surface area contributed by atoms with E-state index >= 15 is 0 Å². The van der Waals surface area contributed by atoms with Crippen LogP contribution < -0.4 is 10.5 Å². The zero-order valence-corrected chi connectivity index (χ0v) is 9.22. The van der Waals surface area contributed by atoms with E-state index in [-0.39, 0.29) is 16.0 Å². The van der Waals surface area contributed by atoms with Crippen molar-refractivity contribution in [2.75, 3.05) is 7.11 Å². The second-order valence-corrected chi connectivity index (χ2v) is 3.43. The lowest BCUT2D eigenvalue weighted by Gasteiger charge is -2.09. The third-order valence-electron chi connectivity index (χ3n) is 1.64. The van der Waals surface area contributed by atoms with E-state index in [1.165, 1.54) is 7.11 Å². The van der Waals surface area contributed by atoms with Crippen LogP contribution in [-0.2, 0) is 0 Å². The summed E-state index contributed by atoms with van der Waals surface area (Å²) in [6.07, 6.45) is -2.75. The van der Waals surface area contributed by atoms with Crippen molar-refractivity contribution in [3.8, 4) is 5.88 Å². The highest BCUT2D eigenvalue weighted by Crippen LogP contribution is 2.34. The average Bonchev–Trinajstić information content (AvgIpc) is 2.15. The molecule has 0 aliphatic carbocycles. The number of carbonyl (C=O) groups is 1. The Kier molecular flexibility index (Phi) is 3.57. The number of hydrogen-bond acceptors (Lipinski definition) is 3. The topological polar surface area (TPSA) is 65.2 Å². The molecule has 0 fully saturated rings. The van der Waals surface area contributed by atoms with E-state index in [9.17, 15) is 13.6 Å². The Bertz CT molecular complexity index is 398. The first-order valence-electron chi connectivity index (χ1n) is 3.79. The van der Waals surface area contributed by atoms with Crippen molar-refractivity contribution in [2.45, 2.75) is 6.43 Å². The van der Waals surface area contributed by atoms with Gasteiger partial charge >= 0.3 is 0 Å². The maximum absolute atomic E-state index is 12.5. The maximum Gasteiger partial charge on any atom is 0.270 e. The zero-order valence-electron chi connectivity index (χ0n) is 7.63. The summed E-state index contributed by atoms with van der Waals surface area (Å²) in [6, 6.07) is 1.13. The third-order valence-corrected chi connectivity index (χ3v) is 2.29. The summed E-state index contributed by atoms with van der Waals surface area (Å²) < 4.78 is 29.8. The summed E-state index contributed by atoms with van der Waals surface area (Å²) in [4.78, 5) is 14.4. The number of pyridine rings is 1. The standard InChI is InChI=1S/C8H7BrF2N2O2/c1-15-8-5(6(10)11)3(9)2-4(13-8)7(12)14/h2,6H,1H3,(H2,12,14). The van der Waals surface area contributed by atoms with Gasteiger partial charge in [-0.05, 0) is 6.07 Å². The fraction of sp³-hybridized carbons (Fsp3) is 0.250. The first-order chi connectivity index (χ1) is 6.97. The molecule has 0 saturated carbocycles. The monoisotopic (exact) mass is 280 g/mol. The molecule has 0 aromatic carbocycles. The molecule has 0 bridgehead atoms. The summed E-state index contributed by atoms with van der Waals surface area (Å²) in [5.41, 5.74) is 4.43. The summed E-state index contributed by atoms with van der Waals surface area (Å²) in [5, 5.41) is 0. The molecule has 0 aliphatic rings. The fourth-order valence-corrected chi connectivity index (χ4v) is 1.54. The van der Waals surface area contributed by atoms with E-state index in [0.29, 0.717) is 0 Å². The van der Waals surface area contributed by atoms with E-state index < -0.39 is 17.9 Å². The molecule has 0 radical (unpaired) electrons. The Balaban J connectivity index is 3.37. The highest BCUT2D eigenvalue weighted by Gasteiger charge is 2.21. The minimum absolute atomic E-state index is 0.0400. The molecule has 15 heavy (non-hydrogen) atoms. The minimum Gasteiger partial charge on any atom is -0.481 e. The van der Waals surface area contributed by atoms with Crippen LogP contribution in [0.1, 0.15) is 22.5 Å². The predicted molar refractivity (Wildman–Crippen MR) is 52.0 cm³/mol. The van der Waals surface area contributed by atoms with E-state index in [4.69, 9.17) is 5.73 Å². The molecule has 7 heteroatoms. The minimum atomic E-state index is -2.75. The van der Waals surface area contributed by atoms with Crippen molar-refractivity contribution in [3.05, 3.63) is 21.8 Å². The lowest BCUT2D eigenvalue weighted by molar-refractivity contribution is 0.0993. The highest BCUT2D eigenvalue weighted by atomic mass is 79.9. The van der Waals surface area contributed by atoms with Crippen molar-refractivity contribution >= 4 is 21.8 Å². The lowest BCUT2D eigenvalue weighted by atomic mass is 10.2. The van der Waals surface area contributed by atoms with Gasteiger partial charge in [0.15, 0.2) is 0 Å². The van der Waals surface area contributed by atoms with Crippen LogP contribution in [0.3, 0.4) is 0 Å². The van der Waals surface area contributed by atoms with Crippen LogP contribution >= 0.6 is 15.9 Å². The molecule has 1 aromatic rings. The Labute approximate surface area is 92.6 Å². The summed E-state index contributed by atoms with van der Waals surface area (Å²) in [5.74, 6) is -1.12. The van der Waals surface area contributed by atoms with Crippen LogP contribution in [0, 0.1) is 0 Å². The van der Waals surface area contributed by atoms with Crippen molar-refractivity contribution in [1.82, 2.24) is 4.98 Å². The number of primary amides is 1. The van der Waals surface area contributed by atoms with E-state index in [2.05, 4.69) is 25.7 Å². The predicted octanol–water partition coefficient (Wildman–Crippen LogP) is 1.89. The van der Waals surface area contributed by atoms with Gasteiger partial charge in [-0.25, -0.2) is 13.8 Å². The van der Waals surface area contributed by atoms with Crippen molar-refractivity contribution in [2.24, 2.45) is 5.73 Å². The molecule has 0 aliphatic heterocycles. The van der Waals surface area contributed by atoms with Gasteiger partial charge in [0.1, 0.15) is 5.69 Å². The Morgan fingerprint density at radius 2 is 2.27 bits per heavy atom. The van der Waals surface area contributed by atoms with Gasteiger partial charge in [0.05, 0.1) is 12.7 Å². The molecule has 0 spiro atoms. The van der Waals surface area contributed by atoms with Crippen LogP contribution in [0.15, 0.2) is 10.5 Å². The number of rotatable bonds is 3. The van der Waals surface area contributed by atoms with Gasteiger partial charge in [0, 0.05) is 4.47 Å². The number of nitrogens with two attached hydrogens (primary N) is 1. The van der Waals surface area contributed by atoms with Gasteiger partial charge < -0.3 is 10.5 Å². The lowest BCUT2D eigenvalue weighted by Crippen LogP contribution is -2.14. The molecular formula is C8H7BrF2N2O2. The molecule has 1 rings (SSSR count). The molecule has 0 atom stereocenters. The van der Waals surface area contributed by atoms with Gasteiger partial charge in [0.25, 0.3) is 12.3 Å². The van der Waals surface area contributed by atoms with Crippen molar-refractivity contribution in [1.29, 1.82) is 0 Å². The molecule has 0 saturated heterocycles. The van der Waals surface area contributed by atoms with Crippen LogP contribution in [-0.4, -0.2) is 18.0 Å². The first-order valence-corrected chi connectivity index (χ1v) is 4.59. The maximum atomic E-state index is 12.5. The number of carbonyl (C=O) groups excluding carboxylic acids is 1. The molecule has 1 aromatic heterocycles. The summed E-state index contributed by atoms with van der Waals surface area (Å²) in [7, 11) is 1.19. The molecule has 82 valence electrons. The normalized spacial score (nSPS) is 10.5. The van der Waals surface area contributed by atoms with E-state index in [1.807, 2.05) is 0 Å². The van der Waals surface area contributed by atoms with Crippen LogP contribution in [0.4, 0.5) is 8.78 Å². The van der Waals surface area contributed by atoms with Gasteiger partial charge in [-0.2, -0.15) is 0 Å². The quantitative estimate of drug-likeness (QED) is 0.920. The Morgan fingerprint density at radius 3 is 2.67 bits per heavy atom. The number of hydrogen-bond donors (Lipinski definition) is 1. The molecular weight excluding hydrogens is 274 g/mol. The molecule has 0 unspecified atom stereocenters. The number of amides is 1. The van der Waals surface area contributed by atoms with Crippen LogP contribution in [0.25, 0.3) is 0 Å². The molecule has 2 N–H and O–H groups in total. The van der Waals surface area contributed by atoms with Gasteiger partial charge in [0.2, 0.25) is 5.88 Å². The molecule has 4 nitrogen and oxygen atoms in total. The largest absolute Gasteiger partial charge is 0.481 e. The second kappa shape index (κ2) is 4.52. The van der Waals surface area contributed by atoms with Crippen LogP contribution in [0.2, 0.25) is 0 Å². The summed E-state index contributed by atoms with van der Waals surface area (Å²) in [6.45, 7) is 0. The molecule has 1 heterocycles. The van der Waals surface area contributed by atoms with Gasteiger partial charge in [-0.15, -0.1) is 0 Å². The summed E-state index contributed by atoms with van der Waals surface area (Å²) >= 11 is 2.90. The average molecular weight is 281 g/mol. The smallest absolute Gasteiger partial charge is 0.270 e. The van der Waals surface area contributed by atoms with E-state index in [1.54, 1.807) is 0 Å². The van der Waals surface area contributed by atoms with Crippen molar-refractivity contribution < 1.29 is 18.3 Å². The fourth-order valence-electron chi connectivity index (χ4n) is 0.981. The number of ether oxygens (including phenoxy) is 1. The molecule has 1 amide bonds. The zero-order chi connectivity index (χ0) is 11.6. The number of nitrogens with zero attached hydrogens (tertiary/aromatic N) is 1. The highest BCUT2D eigenvalue weighted by molar-refractivity contribution is 9.10.